The third kappa shape index (κ3) is 4.46. The molecule has 0 radical (unpaired) electrons. The number of anilines is 1. The van der Waals surface area contributed by atoms with E-state index < -0.39 is 0 Å². The highest BCUT2D eigenvalue weighted by Gasteiger charge is 2.13. The van der Waals surface area contributed by atoms with E-state index in [1.54, 1.807) is 11.0 Å². The number of halogens is 1. The number of carbonyl (C=O) groups is 1. The Bertz CT molecular complexity index is 655. The lowest BCUT2D eigenvalue weighted by atomic mass is 10.2. The Morgan fingerprint density at radius 3 is 2.64 bits per heavy atom. The van der Waals surface area contributed by atoms with Crippen molar-refractivity contribution >= 4 is 27.6 Å². The van der Waals surface area contributed by atoms with E-state index in [4.69, 9.17) is 0 Å². The van der Waals surface area contributed by atoms with Crippen LogP contribution in [0.5, 0.6) is 0 Å². The molecular weight excluding hydrogens is 340 g/mol. The molecule has 0 spiro atoms. The van der Waals surface area contributed by atoms with Crippen molar-refractivity contribution in [2.45, 2.75) is 13.5 Å². The molecule has 0 aromatic heterocycles. The Balaban J connectivity index is 2.10. The van der Waals surface area contributed by atoms with Crippen LogP contribution in [-0.4, -0.2) is 17.5 Å². The van der Waals surface area contributed by atoms with Crippen LogP contribution in [0.4, 0.5) is 10.5 Å². The van der Waals surface area contributed by atoms with Crippen molar-refractivity contribution in [3.8, 4) is 0 Å². The summed E-state index contributed by atoms with van der Waals surface area (Å²) < 4.78 is 0.996. The summed E-state index contributed by atoms with van der Waals surface area (Å²) in [5.41, 5.74) is 2.92. The van der Waals surface area contributed by atoms with Crippen LogP contribution in [0.2, 0.25) is 0 Å². The zero-order valence-electron chi connectivity index (χ0n) is 12.6. The number of nitrogens with one attached hydrogen (secondary N) is 1. The van der Waals surface area contributed by atoms with Gasteiger partial charge in [-0.1, -0.05) is 52.3 Å². The van der Waals surface area contributed by atoms with Gasteiger partial charge in [0.2, 0.25) is 0 Å². The van der Waals surface area contributed by atoms with Crippen LogP contribution in [0.25, 0.3) is 0 Å². The Labute approximate surface area is 139 Å². The molecule has 0 bridgehead atoms. The molecule has 0 saturated carbocycles. The van der Waals surface area contributed by atoms with E-state index in [0.29, 0.717) is 13.1 Å². The summed E-state index contributed by atoms with van der Waals surface area (Å²) in [5.74, 6) is 0. The molecule has 2 rings (SSSR count). The maximum Gasteiger partial charge on any atom is 0.322 e. The van der Waals surface area contributed by atoms with Gasteiger partial charge in [0.1, 0.15) is 0 Å². The largest absolute Gasteiger partial charge is 0.322 e. The van der Waals surface area contributed by atoms with Crippen LogP contribution in [-0.2, 0) is 6.54 Å². The molecule has 0 aliphatic rings. The monoisotopic (exact) mass is 358 g/mol. The van der Waals surface area contributed by atoms with Crippen molar-refractivity contribution in [2.24, 2.45) is 0 Å². The Hall–Kier alpha value is -2.07. The highest BCUT2D eigenvalue weighted by atomic mass is 79.9. The van der Waals surface area contributed by atoms with Crippen LogP contribution in [0.1, 0.15) is 11.1 Å². The van der Waals surface area contributed by atoms with E-state index in [0.717, 1.165) is 21.3 Å². The predicted octanol–water partition coefficient (Wildman–Crippen LogP) is 4.98. The first-order valence-corrected chi connectivity index (χ1v) is 7.86. The Kier molecular flexibility index (Phi) is 5.78. The molecule has 4 heteroatoms. The number of rotatable bonds is 5. The third-order valence-electron chi connectivity index (χ3n) is 3.28. The fourth-order valence-corrected chi connectivity index (χ4v) is 2.62. The minimum absolute atomic E-state index is 0.130. The molecule has 1 N–H and O–H groups in total. The summed E-state index contributed by atoms with van der Waals surface area (Å²) in [5, 5.41) is 2.96. The van der Waals surface area contributed by atoms with Gasteiger partial charge in [-0.3, -0.25) is 0 Å². The molecule has 114 valence electrons. The molecule has 2 aromatic rings. The fourth-order valence-electron chi connectivity index (χ4n) is 2.14. The quantitative estimate of drug-likeness (QED) is 0.751. The van der Waals surface area contributed by atoms with Gasteiger partial charge in [0.15, 0.2) is 0 Å². The summed E-state index contributed by atoms with van der Waals surface area (Å²) in [6.45, 7) is 6.75. The van der Waals surface area contributed by atoms with Gasteiger partial charge in [0.25, 0.3) is 0 Å². The summed E-state index contributed by atoms with van der Waals surface area (Å²) >= 11 is 3.42. The van der Waals surface area contributed by atoms with Gasteiger partial charge < -0.3 is 10.2 Å². The summed E-state index contributed by atoms with van der Waals surface area (Å²) in [4.78, 5) is 14.2. The van der Waals surface area contributed by atoms with Crippen molar-refractivity contribution in [3.05, 3.63) is 76.8 Å². The number of aryl methyl sites for hydroxylation is 1. The highest BCUT2D eigenvalue weighted by Crippen LogP contribution is 2.20. The van der Waals surface area contributed by atoms with Crippen molar-refractivity contribution in [3.63, 3.8) is 0 Å². The van der Waals surface area contributed by atoms with Crippen LogP contribution in [0, 0.1) is 6.92 Å². The SMILES string of the molecule is C=CCN(Cc1ccccc1)C(=O)Nc1ccc(Br)cc1C. The van der Waals surface area contributed by atoms with E-state index in [-0.39, 0.29) is 6.03 Å². The topological polar surface area (TPSA) is 32.3 Å². The number of hydrogen-bond donors (Lipinski definition) is 1. The molecule has 0 aliphatic heterocycles. The van der Waals surface area contributed by atoms with Crippen molar-refractivity contribution in [1.82, 2.24) is 4.90 Å². The number of hydrogen-bond acceptors (Lipinski definition) is 1. The predicted molar refractivity (Wildman–Crippen MR) is 94.9 cm³/mol. The average molecular weight is 359 g/mol. The second-order valence-electron chi connectivity index (χ2n) is 5.04. The number of amides is 2. The number of urea groups is 1. The second-order valence-corrected chi connectivity index (χ2v) is 5.96. The second kappa shape index (κ2) is 7.80. The summed E-state index contributed by atoms with van der Waals surface area (Å²) in [6, 6.07) is 15.6. The number of carbonyl (C=O) groups excluding carboxylic acids is 1. The fraction of sp³-hybridized carbons (Fsp3) is 0.167. The van der Waals surface area contributed by atoms with Gasteiger partial charge in [-0.15, -0.1) is 6.58 Å². The maximum atomic E-state index is 12.5. The number of nitrogens with zero attached hydrogens (tertiary/aromatic N) is 1. The first-order chi connectivity index (χ1) is 10.6. The van der Waals surface area contributed by atoms with E-state index >= 15 is 0 Å². The summed E-state index contributed by atoms with van der Waals surface area (Å²) in [7, 11) is 0. The lowest BCUT2D eigenvalue weighted by Crippen LogP contribution is -2.34. The molecular formula is C18H19BrN2O. The van der Waals surface area contributed by atoms with E-state index in [9.17, 15) is 4.79 Å². The lowest BCUT2D eigenvalue weighted by Gasteiger charge is -2.22. The normalized spacial score (nSPS) is 10.1. The molecule has 0 heterocycles. The molecule has 0 unspecified atom stereocenters. The molecule has 22 heavy (non-hydrogen) atoms. The Morgan fingerprint density at radius 1 is 1.27 bits per heavy atom. The van der Waals surface area contributed by atoms with Crippen LogP contribution in [0.3, 0.4) is 0 Å². The van der Waals surface area contributed by atoms with Crippen LogP contribution >= 0.6 is 15.9 Å². The Morgan fingerprint density at radius 2 is 2.00 bits per heavy atom. The van der Waals surface area contributed by atoms with Gasteiger partial charge in [-0.25, -0.2) is 4.79 Å². The van der Waals surface area contributed by atoms with Crippen molar-refractivity contribution < 1.29 is 4.79 Å². The minimum atomic E-state index is -0.130. The van der Waals surface area contributed by atoms with E-state index in [1.165, 1.54) is 0 Å². The molecule has 2 amide bonds. The zero-order valence-corrected chi connectivity index (χ0v) is 14.1. The third-order valence-corrected chi connectivity index (χ3v) is 3.78. The summed E-state index contributed by atoms with van der Waals surface area (Å²) in [6.07, 6.45) is 1.73. The smallest absolute Gasteiger partial charge is 0.316 e. The van der Waals surface area contributed by atoms with Crippen LogP contribution in [0.15, 0.2) is 65.7 Å². The molecule has 0 saturated heterocycles. The van der Waals surface area contributed by atoms with E-state index in [1.807, 2.05) is 55.5 Å². The standard InChI is InChI=1S/C18H19BrN2O/c1-3-11-21(13-15-7-5-4-6-8-15)18(22)20-17-10-9-16(19)12-14(17)2/h3-10,12H,1,11,13H2,2H3,(H,20,22). The van der Waals surface area contributed by atoms with Gasteiger partial charge >= 0.3 is 6.03 Å². The maximum absolute atomic E-state index is 12.5. The van der Waals surface area contributed by atoms with Gasteiger partial charge in [0, 0.05) is 23.2 Å². The average Bonchev–Trinajstić information content (AvgIpc) is 2.50. The van der Waals surface area contributed by atoms with Crippen LogP contribution < -0.4 is 5.32 Å². The van der Waals surface area contributed by atoms with Gasteiger partial charge in [-0.05, 0) is 36.2 Å². The minimum Gasteiger partial charge on any atom is -0.316 e. The number of benzene rings is 2. The van der Waals surface area contributed by atoms with Gasteiger partial charge in [0.05, 0.1) is 0 Å². The van der Waals surface area contributed by atoms with E-state index in [2.05, 4.69) is 27.8 Å². The molecule has 0 aliphatic carbocycles. The first-order valence-electron chi connectivity index (χ1n) is 7.07. The van der Waals surface area contributed by atoms with Gasteiger partial charge in [-0.2, -0.15) is 0 Å². The molecule has 3 nitrogen and oxygen atoms in total. The molecule has 0 atom stereocenters. The van der Waals surface area contributed by atoms with Crippen molar-refractivity contribution in [2.75, 3.05) is 11.9 Å². The zero-order chi connectivity index (χ0) is 15.9. The van der Waals surface area contributed by atoms with Crippen molar-refractivity contribution in [1.29, 1.82) is 0 Å². The molecule has 0 fully saturated rings. The lowest BCUT2D eigenvalue weighted by molar-refractivity contribution is 0.215. The highest BCUT2D eigenvalue weighted by molar-refractivity contribution is 9.10. The molecule has 2 aromatic carbocycles. The first kappa shape index (κ1) is 16.3.